The van der Waals surface area contributed by atoms with Crippen molar-refractivity contribution in [2.45, 2.75) is 38.8 Å². The summed E-state index contributed by atoms with van der Waals surface area (Å²) in [6.07, 6.45) is 2.82. The number of hydrogen-bond acceptors (Lipinski definition) is 5. The van der Waals surface area contributed by atoms with E-state index in [0.29, 0.717) is 24.4 Å². The molecule has 0 unspecified atom stereocenters. The summed E-state index contributed by atoms with van der Waals surface area (Å²) in [5.74, 6) is 0.584. The lowest BCUT2D eigenvalue weighted by Crippen LogP contribution is -2.41. The number of para-hydroxylation sites is 1. The molecule has 6 heteroatoms. The van der Waals surface area contributed by atoms with Crippen molar-refractivity contribution in [1.82, 2.24) is 15.3 Å². The maximum Gasteiger partial charge on any atom is 0.289 e. The average molecular weight is 351 g/mol. The molecule has 0 spiro atoms. The van der Waals surface area contributed by atoms with Gasteiger partial charge in [0.25, 0.3) is 5.91 Å². The standard InChI is InChI=1S/C20H21N3O3/c1-11-19(26-12(2)22-11)20(25)23-18(14-8-16(24)9-14)15-7-13-5-3-4-6-17(13)21-10-15/h3-7,10,14,16,18,24H,8-9H2,1-2H3,(H,23,25)/t14?,16?,18-/m0/s1. The third kappa shape index (κ3) is 3.08. The topological polar surface area (TPSA) is 88.2 Å². The molecular formula is C20H21N3O3. The molecule has 1 aromatic carbocycles. The molecule has 134 valence electrons. The van der Waals surface area contributed by atoms with Gasteiger partial charge in [0.15, 0.2) is 5.89 Å². The van der Waals surface area contributed by atoms with Crippen LogP contribution in [0, 0.1) is 19.8 Å². The van der Waals surface area contributed by atoms with Crippen LogP contribution in [-0.2, 0) is 0 Å². The summed E-state index contributed by atoms with van der Waals surface area (Å²) in [7, 11) is 0. The summed E-state index contributed by atoms with van der Waals surface area (Å²) >= 11 is 0. The predicted molar refractivity (Wildman–Crippen MR) is 96.7 cm³/mol. The van der Waals surface area contributed by atoms with Gasteiger partial charge in [0.1, 0.15) is 0 Å². The molecule has 26 heavy (non-hydrogen) atoms. The Kier molecular flexibility index (Phi) is 4.20. The van der Waals surface area contributed by atoms with Crippen LogP contribution in [0.15, 0.2) is 40.9 Å². The molecule has 2 N–H and O–H groups in total. The Bertz CT molecular complexity index is 960. The highest BCUT2D eigenvalue weighted by Gasteiger charge is 2.36. The van der Waals surface area contributed by atoms with Gasteiger partial charge in [-0.15, -0.1) is 0 Å². The Morgan fingerprint density at radius 3 is 2.77 bits per heavy atom. The van der Waals surface area contributed by atoms with Gasteiger partial charge in [-0.25, -0.2) is 4.98 Å². The Balaban J connectivity index is 1.65. The summed E-state index contributed by atoms with van der Waals surface area (Å²) in [5, 5.41) is 13.8. The van der Waals surface area contributed by atoms with Crippen LogP contribution in [0.5, 0.6) is 0 Å². The summed E-state index contributed by atoms with van der Waals surface area (Å²) in [5.41, 5.74) is 2.42. The fourth-order valence-electron chi connectivity index (χ4n) is 3.58. The van der Waals surface area contributed by atoms with E-state index in [1.54, 1.807) is 20.0 Å². The van der Waals surface area contributed by atoms with Gasteiger partial charge < -0.3 is 14.8 Å². The minimum atomic E-state index is -0.304. The smallest absolute Gasteiger partial charge is 0.289 e. The average Bonchev–Trinajstić information content (AvgIpc) is 2.95. The van der Waals surface area contributed by atoms with Crippen molar-refractivity contribution >= 4 is 16.8 Å². The molecule has 0 aliphatic heterocycles. The summed E-state index contributed by atoms with van der Waals surface area (Å²) < 4.78 is 5.45. The number of aliphatic hydroxyl groups excluding tert-OH is 1. The first kappa shape index (κ1) is 16.7. The van der Waals surface area contributed by atoms with Crippen LogP contribution in [0.3, 0.4) is 0 Å². The number of benzene rings is 1. The normalized spacial score (nSPS) is 20.6. The quantitative estimate of drug-likeness (QED) is 0.754. The van der Waals surface area contributed by atoms with Crippen molar-refractivity contribution in [2.75, 3.05) is 0 Å². The minimum Gasteiger partial charge on any atom is -0.436 e. The Hall–Kier alpha value is -2.73. The van der Waals surface area contributed by atoms with Crippen molar-refractivity contribution < 1.29 is 14.3 Å². The van der Waals surface area contributed by atoms with E-state index in [1.807, 2.05) is 24.3 Å². The molecule has 1 aliphatic rings. The van der Waals surface area contributed by atoms with E-state index < -0.39 is 0 Å². The molecule has 3 aromatic rings. The molecule has 1 aliphatic carbocycles. The zero-order valence-electron chi connectivity index (χ0n) is 14.8. The third-order valence-corrected chi connectivity index (χ3v) is 4.99. The number of pyridine rings is 1. The number of rotatable bonds is 4. The Morgan fingerprint density at radius 2 is 2.08 bits per heavy atom. The number of carbonyl (C=O) groups is 1. The van der Waals surface area contributed by atoms with Crippen LogP contribution < -0.4 is 5.32 Å². The molecule has 1 atom stereocenters. The fraction of sp³-hybridized carbons (Fsp3) is 0.350. The van der Waals surface area contributed by atoms with Gasteiger partial charge in [-0.1, -0.05) is 18.2 Å². The largest absolute Gasteiger partial charge is 0.436 e. The van der Waals surface area contributed by atoms with Crippen molar-refractivity contribution in [1.29, 1.82) is 0 Å². The van der Waals surface area contributed by atoms with Crippen LogP contribution in [0.2, 0.25) is 0 Å². The van der Waals surface area contributed by atoms with Crippen LogP contribution in [0.25, 0.3) is 10.9 Å². The van der Waals surface area contributed by atoms with E-state index in [-0.39, 0.29) is 29.7 Å². The molecule has 1 amide bonds. The first-order valence-corrected chi connectivity index (χ1v) is 8.79. The number of oxazole rings is 1. The highest BCUT2D eigenvalue weighted by Crippen LogP contribution is 2.38. The lowest BCUT2D eigenvalue weighted by atomic mass is 9.75. The van der Waals surface area contributed by atoms with Gasteiger partial charge in [-0.2, -0.15) is 0 Å². The first-order valence-electron chi connectivity index (χ1n) is 8.79. The SMILES string of the molecule is Cc1nc(C)c(C(=O)N[C@H](c2cnc3ccccc3c2)C2CC(O)C2)o1. The number of aromatic nitrogens is 2. The number of aryl methyl sites for hydroxylation is 2. The van der Waals surface area contributed by atoms with Gasteiger partial charge in [0.2, 0.25) is 5.76 Å². The Labute approximate surface area is 151 Å². The molecule has 0 saturated heterocycles. The van der Waals surface area contributed by atoms with Gasteiger partial charge in [0.05, 0.1) is 23.4 Å². The molecule has 0 radical (unpaired) electrons. The van der Waals surface area contributed by atoms with E-state index in [2.05, 4.69) is 21.4 Å². The van der Waals surface area contributed by atoms with Crippen LogP contribution in [-0.4, -0.2) is 27.1 Å². The predicted octanol–water partition coefficient (Wildman–Crippen LogP) is 3.08. The zero-order valence-corrected chi connectivity index (χ0v) is 14.8. The second-order valence-electron chi connectivity index (χ2n) is 6.95. The third-order valence-electron chi connectivity index (χ3n) is 4.99. The zero-order chi connectivity index (χ0) is 18.3. The second-order valence-corrected chi connectivity index (χ2v) is 6.95. The monoisotopic (exact) mass is 351 g/mol. The number of hydrogen-bond donors (Lipinski definition) is 2. The van der Waals surface area contributed by atoms with Crippen LogP contribution in [0.4, 0.5) is 0 Å². The molecule has 2 heterocycles. The fourth-order valence-corrected chi connectivity index (χ4v) is 3.58. The molecule has 1 saturated carbocycles. The number of aliphatic hydroxyl groups is 1. The lowest BCUT2D eigenvalue weighted by Gasteiger charge is -2.38. The lowest BCUT2D eigenvalue weighted by molar-refractivity contribution is 0.0232. The number of fused-ring (bicyclic) bond motifs is 1. The number of carbonyl (C=O) groups excluding carboxylic acids is 1. The number of amides is 1. The maximum absolute atomic E-state index is 12.7. The molecule has 2 aromatic heterocycles. The van der Waals surface area contributed by atoms with E-state index in [9.17, 15) is 9.90 Å². The van der Waals surface area contributed by atoms with Crippen LogP contribution >= 0.6 is 0 Å². The van der Waals surface area contributed by atoms with Crippen molar-refractivity contribution in [3.05, 3.63) is 59.4 Å². The summed E-state index contributed by atoms with van der Waals surface area (Å²) in [4.78, 5) is 21.4. The highest BCUT2D eigenvalue weighted by atomic mass is 16.4. The van der Waals surface area contributed by atoms with Gasteiger partial charge >= 0.3 is 0 Å². The summed E-state index contributed by atoms with van der Waals surface area (Å²) in [6.45, 7) is 3.47. The first-order chi connectivity index (χ1) is 12.5. The number of nitrogens with zero attached hydrogens (tertiary/aromatic N) is 2. The van der Waals surface area contributed by atoms with E-state index >= 15 is 0 Å². The van der Waals surface area contributed by atoms with Gasteiger partial charge in [-0.3, -0.25) is 9.78 Å². The van der Waals surface area contributed by atoms with E-state index in [1.165, 1.54) is 0 Å². The van der Waals surface area contributed by atoms with Crippen molar-refractivity contribution in [3.63, 3.8) is 0 Å². The molecular weight excluding hydrogens is 330 g/mol. The Morgan fingerprint density at radius 1 is 1.31 bits per heavy atom. The maximum atomic E-state index is 12.7. The molecule has 6 nitrogen and oxygen atoms in total. The minimum absolute atomic E-state index is 0.168. The van der Waals surface area contributed by atoms with E-state index in [4.69, 9.17) is 4.42 Å². The van der Waals surface area contributed by atoms with Gasteiger partial charge in [-0.05, 0) is 43.4 Å². The van der Waals surface area contributed by atoms with E-state index in [0.717, 1.165) is 16.5 Å². The molecule has 1 fully saturated rings. The second kappa shape index (κ2) is 6.53. The summed E-state index contributed by atoms with van der Waals surface area (Å²) in [6, 6.07) is 9.70. The van der Waals surface area contributed by atoms with Crippen molar-refractivity contribution in [2.24, 2.45) is 5.92 Å². The molecule has 0 bridgehead atoms. The van der Waals surface area contributed by atoms with Crippen molar-refractivity contribution in [3.8, 4) is 0 Å². The molecule has 4 rings (SSSR count). The number of nitrogens with one attached hydrogen (secondary N) is 1. The van der Waals surface area contributed by atoms with Gasteiger partial charge in [0, 0.05) is 18.5 Å². The van der Waals surface area contributed by atoms with Crippen LogP contribution in [0.1, 0.15) is 46.6 Å². The highest BCUT2D eigenvalue weighted by molar-refractivity contribution is 5.92.